The van der Waals surface area contributed by atoms with Crippen LogP contribution in [0.15, 0.2) is 36.7 Å². The van der Waals surface area contributed by atoms with Gasteiger partial charge in [-0.05, 0) is 17.7 Å². The number of nitrogen functional groups attached to an aromatic ring is 1. The maximum Gasteiger partial charge on any atom is 0.155 e. The topological polar surface area (TPSA) is 64.7 Å². The number of nitrogens with two attached hydrogens (primary N) is 1. The first-order valence-corrected chi connectivity index (χ1v) is 4.31. The van der Waals surface area contributed by atoms with Crippen molar-refractivity contribution >= 4 is 5.69 Å². The molecule has 70 valence electrons. The van der Waals surface area contributed by atoms with Crippen molar-refractivity contribution < 1.29 is 0 Å². The van der Waals surface area contributed by atoms with Crippen molar-refractivity contribution in [1.29, 1.82) is 0 Å². The van der Waals surface area contributed by atoms with Crippen LogP contribution >= 0.6 is 0 Å². The predicted octanol–water partition coefficient (Wildman–Crippen LogP) is 1.04. The summed E-state index contributed by atoms with van der Waals surface area (Å²) < 4.78 is 0. The lowest BCUT2D eigenvalue weighted by molar-refractivity contribution is 0.864. The SMILES string of the molecule is Nc1ccc(Cc2nccnn2)cc1. The minimum atomic E-state index is 0.689. The molecule has 0 fully saturated rings. The average Bonchev–Trinajstić information content (AvgIpc) is 2.23. The van der Waals surface area contributed by atoms with E-state index in [1.807, 2.05) is 24.3 Å². The second kappa shape index (κ2) is 3.83. The highest BCUT2D eigenvalue weighted by atomic mass is 15.1. The maximum absolute atomic E-state index is 5.58. The Morgan fingerprint density at radius 2 is 1.86 bits per heavy atom. The molecular weight excluding hydrogens is 176 g/mol. The first-order valence-electron chi connectivity index (χ1n) is 4.31. The molecule has 14 heavy (non-hydrogen) atoms. The van der Waals surface area contributed by atoms with Gasteiger partial charge in [-0.2, -0.15) is 5.10 Å². The molecular formula is C10H10N4. The molecule has 2 rings (SSSR count). The number of nitrogens with zero attached hydrogens (tertiary/aromatic N) is 3. The van der Waals surface area contributed by atoms with Crippen LogP contribution in [-0.2, 0) is 6.42 Å². The van der Waals surface area contributed by atoms with E-state index in [1.54, 1.807) is 12.4 Å². The number of anilines is 1. The summed E-state index contributed by atoms with van der Waals surface area (Å²) in [5.41, 5.74) is 7.47. The van der Waals surface area contributed by atoms with Crippen molar-refractivity contribution in [3.8, 4) is 0 Å². The minimum Gasteiger partial charge on any atom is -0.399 e. The number of benzene rings is 1. The molecule has 0 atom stereocenters. The molecule has 0 saturated carbocycles. The molecule has 0 radical (unpaired) electrons. The van der Waals surface area contributed by atoms with Crippen molar-refractivity contribution in [3.63, 3.8) is 0 Å². The van der Waals surface area contributed by atoms with E-state index in [-0.39, 0.29) is 0 Å². The summed E-state index contributed by atoms with van der Waals surface area (Å²) in [6, 6.07) is 7.66. The molecule has 0 bridgehead atoms. The van der Waals surface area contributed by atoms with E-state index >= 15 is 0 Å². The molecule has 0 amide bonds. The molecule has 2 N–H and O–H groups in total. The molecule has 4 nitrogen and oxygen atoms in total. The van der Waals surface area contributed by atoms with Crippen LogP contribution in [0, 0.1) is 0 Å². The van der Waals surface area contributed by atoms with E-state index in [4.69, 9.17) is 5.73 Å². The summed E-state index contributed by atoms with van der Waals surface area (Å²) in [6.07, 6.45) is 3.89. The van der Waals surface area contributed by atoms with Crippen molar-refractivity contribution in [2.75, 3.05) is 5.73 Å². The number of rotatable bonds is 2. The summed E-state index contributed by atoms with van der Waals surface area (Å²) in [5.74, 6) is 0.720. The number of hydrogen-bond acceptors (Lipinski definition) is 4. The summed E-state index contributed by atoms with van der Waals surface area (Å²) in [7, 11) is 0. The Morgan fingerprint density at radius 1 is 1.07 bits per heavy atom. The van der Waals surface area contributed by atoms with Gasteiger partial charge in [0.25, 0.3) is 0 Å². The fourth-order valence-corrected chi connectivity index (χ4v) is 1.17. The van der Waals surface area contributed by atoms with Gasteiger partial charge in [0.05, 0.1) is 6.20 Å². The van der Waals surface area contributed by atoms with Gasteiger partial charge >= 0.3 is 0 Å². The van der Waals surface area contributed by atoms with Gasteiger partial charge < -0.3 is 5.73 Å². The Bertz CT molecular complexity index is 396. The molecule has 0 aliphatic rings. The Labute approximate surface area is 81.8 Å². The smallest absolute Gasteiger partial charge is 0.155 e. The van der Waals surface area contributed by atoms with Crippen LogP contribution in [0.25, 0.3) is 0 Å². The molecule has 0 spiro atoms. The average molecular weight is 186 g/mol. The van der Waals surface area contributed by atoms with E-state index in [9.17, 15) is 0 Å². The zero-order valence-corrected chi connectivity index (χ0v) is 7.59. The first kappa shape index (κ1) is 8.62. The van der Waals surface area contributed by atoms with Gasteiger partial charge in [-0.15, -0.1) is 5.10 Å². The third kappa shape index (κ3) is 2.04. The van der Waals surface area contributed by atoms with Crippen molar-refractivity contribution in [2.45, 2.75) is 6.42 Å². The summed E-state index contributed by atoms with van der Waals surface area (Å²) in [6.45, 7) is 0. The van der Waals surface area contributed by atoms with Crippen LogP contribution in [0.2, 0.25) is 0 Å². The molecule has 0 aliphatic heterocycles. The summed E-state index contributed by atoms with van der Waals surface area (Å²) in [5, 5.41) is 7.67. The third-order valence-electron chi connectivity index (χ3n) is 1.87. The fraction of sp³-hybridized carbons (Fsp3) is 0.100. The second-order valence-electron chi connectivity index (χ2n) is 2.98. The molecule has 1 aromatic carbocycles. The summed E-state index contributed by atoms with van der Waals surface area (Å²) in [4.78, 5) is 4.09. The largest absolute Gasteiger partial charge is 0.399 e. The normalized spacial score (nSPS) is 10.0. The zero-order chi connectivity index (χ0) is 9.80. The van der Waals surface area contributed by atoms with Crippen LogP contribution in [0.1, 0.15) is 11.4 Å². The maximum atomic E-state index is 5.58. The first-order chi connectivity index (χ1) is 6.84. The van der Waals surface area contributed by atoms with E-state index in [2.05, 4.69) is 15.2 Å². The molecule has 0 unspecified atom stereocenters. The van der Waals surface area contributed by atoms with Gasteiger partial charge in [-0.1, -0.05) is 12.1 Å². The van der Waals surface area contributed by atoms with E-state index < -0.39 is 0 Å². The number of aromatic nitrogens is 3. The fourth-order valence-electron chi connectivity index (χ4n) is 1.17. The highest BCUT2D eigenvalue weighted by molar-refractivity contribution is 5.39. The predicted molar refractivity (Wildman–Crippen MR) is 53.5 cm³/mol. The lowest BCUT2D eigenvalue weighted by atomic mass is 10.1. The highest BCUT2D eigenvalue weighted by Crippen LogP contribution is 2.07. The molecule has 0 saturated heterocycles. The van der Waals surface area contributed by atoms with Gasteiger partial charge in [0.2, 0.25) is 0 Å². The Balaban J connectivity index is 2.16. The van der Waals surface area contributed by atoms with E-state index in [0.717, 1.165) is 17.1 Å². The lowest BCUT2D eigenvalue weighted by Crippen LogP contribution is -1.97. The van der Waals surface area contributed by atoms with Crippen LogP contribution in [0.3, 0.4) is 0 Å². The van der Waals surface area contributed by atoms with Crippen LogP contribution in [0.4, 0.5) is 5.69 Å². The number of hydrogen-bond donors (Lipinski definition) is 1. The Morgan fingerprint density at radius 3 is 2.50 bits per heavy atom. The van der Waals surface area contributed by atoms with E-state index in [0.29, 0.717) is 6.42 Å². The van der Waals surface area contributed by atoms with Crippen molar-refractivity contribution in [3.05, 3.63) is 48.0 Å². The van der Waals surface area contributed by atoms with Gasteiger partial charge in [0.15, 0.2) is 5.82 Å². The Hall–Kier alpha value is -1.97. The van der Waals surface area contributed by atoms with E-state index in [1.165, 1.54) is 0 Å². The van der Waals surface area contributed by atoms with Gasteiger partial charge in [0, 0.05) is 18.3 Å². The Kier molecular flexibility index (Phi) is 2.36. The van der Waals surface area contributed by atoms with Crippen LogP contribution in [-0.4, -0.2) is 15.2 Å². The van der Waals surface area contributed by atoms with Crippen molar-refractivity contribution in [2.24, 2.45) is 0 Å². The second-order valence-corrected chi connectivity index (χ2v) is 2.98. The highest BCUT2D eigenvalue weighted by Gasteiger charge is 1.97. The zero-order valence-electron chi connectivity index (χ0n) is 7.59. The monoisotopic (exact) mass is 186 g/mol. The molecule has 1 aromatic heterocycles. The lowest BCUT2D eigenvalue weighted by Gasteiger charge is -1.99. The van der Waals surface area contributed by atoms with Gasteiger partial charge in [0.1, 0.15) is 0 Å². The third-order valence-corrected chi connectivity index (χ3v) is 1.87. The quantitative estimate of drug-likeness (QED) is 0.712. The van der Waals surface area contributed by atoms with Crippen molar-refractivity contribution in [1.82, 2.24) is 15.2 Å². The summed E-state index contributed by atoms with van der Waals surface area (Å²) >= 11 is 0. The minimum absolute atomic E-state index is 0.689. The van der Waals surface area contributed by atoms with Gasteiger partial charge in [-0.25, -0.2) is 4.98 Å². The van der Waals surface area contributed by atoms with Crippen LogP contribution < -0.4 is 5.73 Å². The van der Waals surface area contributed by atoms with Gasteiger partial charge in [-0.3, -0.25) is 0 Å². The van der Waals surface area contributed by atoms with Crippen LogP contribution in [0.5, 0.6) is 0 Å². The standard InChI is InChI=1S/C10H10N4/c11-9-3-1-8(2-4-9)7-10-12-5-6-13-14-10/h1-6H,7,11H2. The molecule has 1 heterocycles. The molecule has 2 aromatic rings. The molecule has 4 heteroatoms. The molecule has 0 aliphatic carbocycles.